The molecule has 0 saturated heterocycles. The molecule has 3 nitrogen and oxygen atoms in total. The molecule has 5 heteroatoms. The molecule has 1 aliphatic carbocycles. The van der Waals surface area contributed by atoms with E-state index in [1.807, 2.05) is 18.2 Å². The third-order valence-electron chi connectivity index (χ3n) is 5.22. The number of carboxylic acids is 1. The number of fused-ring (bicyclic) bond motifs is 1. The van der Waals surface area contributed by atoms with E-state index in [1.54, 1.807) is 24.3 Å². The third kappa shape index (κ3) is 3.93. The van der Waals surface area contributed by atoms with Gasteiger partial charge in [0.2, 0.25) is 0 Å². The van der Waals surface area contributed by atoms with Crippen molar-refractivity contribution < 1.29 is 9.90 Å². The Hall–Kier alpha value is -2.33. The van der Waals surface area contributed by atoms with Gasteiger partial charge in [-0.05, 0) is 71.0 Å². The molecular formula is C23H19Cl2NO2. The van der Waals surface area contributed by atoms with Gasteiger partial charge in [0.15, 0.2) is 0 Å². The van der Waals surface area contributed by atoms with Crippen LogP contribution < -0.4 is 5.32 Å². The molecule has 0 fully saturated rings. The number of benzene rings is 3. The summed E-state index contributed by atoms with van der Waals surface area (Å²) in [5.74, 6) is -0.914. The number of carboxylic acid groups (broad SMARTS) is 1. The summed E-state index contributed by atoms with van der Waals surface area (Å²) in [6, 6.07) is 19.2. The first-order valence-electron chi connectivity index (χ1n) is 9.15. The molecule has 1 aliphatic rings. The van der Waals surface area contributed by atoms with Crippen molar-refractivity contribution >= 4 is 29.2 Å². The zero-order valence-corrected chi connectivity index (χ0v) is 16.6. The summed E-state index contributed by atoms with van der Waals surface area (Å²) < 4.78 is 0. The highest BCUT2D eigenvalue weighted by molar-refractivity contribution is 6.35. The molecule has 2 N–H and O–H groups in total. The molecule has 0 heterocycles. The highest BCUT2D eigenvalue weighted by Crippen LogP contribution is 2.35. The minimum Gasteiger partial charge on any atom is -0.478 e. The average molecular weight is 412 g/mol. The minimum absolute atomic E-state index is 0.240. The fourth-order valence-corrected chi connectivity index (χ4v) is 4.20. The van der Waals surface area contributed by atoms with E-state index in [1.165, 1.54) is 11.1 Å². The zero-order valence-electron chi connectivity index (χ0n) is 15.1. The molecule has 0 aliphatic heterocycles. The van der Waals surface area contributed by atoms with Crippen molar-refractivity contribution in [3.8, 4) is 11.1 Å². The summed E-state index contributed by atoms with van der Waals surface area (Å²) in [6.45, 7) is 0.666. The highest BCUT2D eigenvalue weighted by atomic mass is 35.5. The van der Waals surface area contributed by atoms with E-state index in [0.717, 1.165) is 29.5 Å². The van der Waals surface area contributed by atoms with Crippen LogP contribution in [-0.2, 0) is 13.0 Å². The number of aromatic carboxylic acids is 1. The van der Waals surface area contributed by atoms with Crippen molar-refractivity contribution in [3.63, 3.8) is 0 Å². The second-order valence-corrected chi connectivity index (χ2v) is 7.85. The molecule has 1 unspecified atom stereocenters. The van der Waals surface area contributed by atoms with E-state index in [0.29, 0.717) is 22.2 Å². The maximum Gasteiger partial charge on any atom is 0.335 e. The first kappa shape index (κ1) is 19.0. The Morgan fingerprint density at radius 2 is 1.86 bits per heavy atom. The Bertz CT molecular complexity index is 1050. The Labute approximate surface area is 173 Å². The number of hydrogen-bond donors (Lipinski definition) is 2. The molecule has 0 spiro atoms. The minimum atomic E-state index is -0.914. The fourth-order valence-electron chi connectivity index (χ4n) is 3.72. The molecule has 4 rings (SSSR count). The largest absolute Gasteiger partial charge is 0.478 e. The lowest BCUT2D eigenvalue weighted by atomic mass is 9.98. The first-order valence-corrected chi connectivity index (χ1v) is 9.91. The maximum absolute atomic E-state index is 11.3. The van der Waals surface area contributed by atoms with Crippen molar-refractivity contribution in [2.75, 3.05) is 0 Å². The van der Waals surface area contributed by atoms with Crippen LogP contribution in [0.25, 0.3) is 11.1 Å². The molecule has 28 heavy (non-hydrogen) atoms. The van der Waals surface area contributed by atoms with Gasteiger partial charge in [-0.15, -0.1) is 0 Å². The van der Waals surface area contributed by atoms with Crippen LogP contribution in [0.1, 0.15) is 39.5 Å². The lowest BCUT2D eigenvalue weighted by Gasteiger charge is -2.16. The van der Waals surface area contributed by atoms with Crippen LogP contribution in [0, 0.1) is 0 Å². The number of aryl methyl sites for hydroxylation is 1. The summed E-state index contributed by atoms with van der Waals surface area (Å²) in [5.41, 5.74) is 5.85. The topological polar surface area (TPSA) is 49.3 Å². The number of hydrogen-bond acceptors (Lipinski definition) is 2. The van der Waals surface area contributed by atoms with E-state index >= 15 is 0 Å². The van der Waals surface area contributed by atoms with E-state index in [2.05, 4.69) is 23.5 Å². The Morgan fingerprint density at radius 1 is 1.04 bits per heavy atom. The number of rotatable bonds is 5. The van der Waals surface area contributed by atoms with Crippen LogP contribution in [-0.4, -0.2) is 11.1 Å². The van der Waals surface area contributed by atoms with Crippen LogP contribution >= 0.6 is 23.2 Å². The first-order chi connectivity index (χ1) is 13.5. The Morgan fingerprint density at radius 3 is 2.64 bits per heavy atom. The summed E-state index contributed by atoms with van der Waals surface area (Å²) in [6.07, 6.45) is 2.05. The van der Waals surface area contributed by atoms with Gasteiger partial charge in [0.25, 0.3) is 0 Å². The monoisotopic (exact) mass is 411 g/mol. The molecule has 3 aromatic carbocycles. The van der Waals surface area contributed by atoms with Gasteiger partial charge < -0.3 is 10.4 Å². The van der Waals surface area contributed by atoms with Crippen molar-refractivity contribution in [1.82, 2.24) is 5.32 Å². The van der Waals surface area contributed by atoms with E-state index in [4.69, 9.17) is 23.2 Å². The van der Waals surface area contributed by atoms with E-state index in [-0.39, 0.29) is 6.04 Å². The summed E-state index contributed by atoms with van der Waals surface area (Å²) in [7, 11) is 0. The predicted molar refractivity (Wildman–Crippen MR) is 113 cm³/mol. The van der Waals surface area contributed by atoms with Gasteiger partial charge in [-0.3, -0.25) is 0 Å². The third-order valence-corrected chi connectivity index (χ3v) is 5.81. The van der Waals surface area contributed by atoms with Crippen LogP contribution in [0.15, 0.2) is 60.7 Å². The average Bonchev–Trinajstić information content (AvgIpc) is 3.09. The molecule has 0 aromatic heterocycles. The van der Waals surface area contributed by atoms with Crippen molar-refractivity contribution in [1.29, 1.82) is 0 Å². The van der Waals surface area contributed by atoms with Gasteiger partial charge in [0, 0.05) is 22.6 Å². The quantitative estimate of drug-likeness (QED) is 0.530. The predicted octanol–water partition coefficient (Wildman–Crippen LogP) is 6.14. The second-order valence-electron chi connectivity index (χ2n) is 7.01. The molecule has 0 amide bonds. The molecular weight excluding hydrogens is 393 g/mol. The van der Waals surface area contributed by atoms with Gasteiger partial charge in [-0.25, -0.2) is 4.79 Å². The number of nitrogens with one attached hydrogen (secondary N) is 1. The van der Waals surface area contributed by atoms with Gasteiger partial charge in [0.05, 0.1) is 5.56 Å². The summed E-state index contributed by atoms with van der Waals surface area (Å²) >= 11 is 12.3. The van der Waals surface area contributed by atoms with Crippen LogP contribution in [0.3, 0.4) is 0 Å². The fraction of sp³-hybridized carbons (Fsp3) is 0.174. The van der Waals surface area contributed by atoms with Gasteiger partial charge >= 0.3 is 5.97 Å². The normalized spacial score (nSPS) is 15.4. The lowest BCUT2D eigenvalue weighted by molar-refractivity contribution is 0.0697. The molecule has 3 aromatic rings. The van der Waals surface area contributed by atoms with Gasteiger partial charge in [-0.1, -0.05) is 53.5 Å². The summed E-state index contributed by atoms with van der Waals surface area (Å²) in [5, 5.41) is 14.1. The molecule has 0 bridgehead atoms. The van der Waals surface area contributed by atoms with Gasteiger partial charge in [-0.2, -0.15) is 0 Å². The van der Waals surface area contributed by atoms with Gasteiger partial charge in [0.1, 0.15) is 0 Å². The van der Waals surface area contributed by atoms with E-state index in [9.17, 15) is 9.90 Å². The summed E-state index contributed by atoms with van der Waals surface area (Å²) in [4.78, 5) is 11.3. The molecule has 0 saturated carbocycles. The van der Waals surface area contributed by atoms with Crippen LogP contribution in [0.5, 0.6) is 0 Å². The SMILES string of the molecule is O=C(O)c1cccc(-c2ccc3c(c2)C(NCc2ccc(Cl)cc2Cl)CC3)c1. The number of halogens is 2. The Balaban J connectivity index is 1.57. The van der Waals surface area contributed by atoms with Crippen molar-refractivity contribution in [3.05, 3.63) is 93.0 Å². The lowest BCUT2D eigenvalue weighted by Crippen LogP contribution is -2.18. The second kappa shape index (κ2) is 7.96. The Kier molecular flexibility index (Phi) is 5.40. The van der Waals surface area contributed by atoms with Crippen molar-refractivity contribution in [2.24, 2.45) is 0 Å². The smallest absolute Gasteiger partial charge is 0.335 e. The van der Waals surface area contributed by atoms with Crippen LogP contribution in [0.2, 0.25) is 10.0 Å². The zero-order chi connectivity index (χ0) is 19.7. The number of carbonyl (C=O) groups is 1. The highest BCUT2D eigenvalue weighted by Gasteiger charge is 2.23. The standard InChI is InChI=1S/C23H19Cl2NO2/c24-19-8-6-18(21(25)12-19)13-26-22-9-7-14-4-5-16(11-20(14)22)15-2-1-3-17(10-15)23(27)28/h1-6,8,10-12,22,26H,7,9,13H2,(H,27,28). The van der Waals surface area contributed by atoms with Crippen molar-refractivity contribution in [2.45, 2.75) is 25.4 Å². The van der Waals surface area contributed by atoms with E-state index < -0.39 is 5.97 Å². The molecule has 0 radical (unpaired) electrons. The molecule has 142 valence electrons. The molecule has 1 atom stereocenters. The maximum atomic E-state index is 11.3. The van der Waals surface area contributed by atoms with Crippen LogP contribution in [0.4, 0.5) is 0 Å².